The molecule has 0 atom stereocenters. The minimum absolute atomic E-state index is 0.0880. The molecule has 1 saturated heterocycles. The Bertz CT molecular complexity index is 790. The summed E-state index contributed by atoms with van der Waals surface area (Å²) in [7, 11) is 2.01. The Hall–Kier alpha value is -2.41. The summed E-state index contributed by atoms with van der Waals surface area (Å²) in [5, 5.41) is 2.79. The molecule has 2 heterocycles. The van der Waals surface area contributed by atoms with Crippen LogP contribution in [0.1, 0.15) is 26.1 Å². The fourth-order valence-corrected chi connectivity index (χ4v) is 3.25. The minimum Gasteiger partial charge on any atom is -0.340 e. The first-order valence-electron chi connectivity index (χ1n) is 8.71. The summed E-state index contributed by atoms with van der Waals surface area (Å²) >= 11 is 0. The highest BCUT2D eigenvalue weighted by atomic mass is 16.2. The lowest BCUT2D eigenvalue weighted by molar-refractivity contribution is -0.132. The largest absolute Gasteiger partial charge is 0.340 e. The molecule has 25 heavy (non-hydrogen) atoms. The van der Waals surface area contributed by atoms with Gasteiger partial charge >= 0.3 is 0 Å². The number of rotatable bonds is 4. The molecule has 3 rings (SSSR count). The summed E-state index contributed by atoms with van der Waals surface area (Å²) in [6.45, 7) is 7.46. The number of nitrogens with zero attached hydrogens (tertiary/aromatic N) is 4. The number of hydrogen-bond donors (Lipinski definition) is 1. The Kier molecular flexibility index (Phi) is 5.03. The molecule has 0 unspecified atom stereocenters. The second-order valence-electron chi connectivity index (χ2n) is 6.48. The summed E-state index contributed by atoms with van der Waals surface area (Å²) in [4.78, 5) is 32.0. The topological polar surface area (TPSA) is 70.5 Å². The lowest BCUT2D eigenvalue weighted by Gasteiger charge is -2.34. The van der Waals surface area contributed by atoms with Gasteiger partial charge in [0.25, 0.3) is 0 Å². The van der Waals surface area contributed by atoms with Crippen molar-refractivity contribution in [2.24, 2.45) is 7.05 Å². The highest BCUT2D eigenvalue weighted by Gasteiger charge is 2.21. The molecule has 1 N–H and O–H groups in total. The van der Waals surface area contributed by atoms with E-state index in [-0.39, 0.29) is 11.8 Å². The van der Waals surface area contributed by atoms with Crippen LogP contribution in [0.2, 0.25) is 0 Å². The molecule has 0 radical (unpaired) electrons. The Morgan fingerprint density at radius 2 is 1.92 bits per heavy atom. The lowest BCUT2D eigenvalue weighted by atomic mass is 10.2. The fraction of sp³-hybridized carbons (Fsp3) is 0.500. The third-order valence-corrected chi connectivity index (χ3v) is 4.69. The van der Waals surface area contributed by atoms with Crippen LogP contribution in [0.4, 0.5) is 5.69 Å². The summed E-state index contributed by atoms with van der Waals surface area (Å²) in [5.74, 6) is 1.13. The molecule has 0 saturated carbocycles. The number of carbonyl (C=O) groups is 2. The molecule has 7 heteroatoms. The van der Waals surface area contributed by atoms with Crippen molar-refractivity contribution in [2.45, 2.75) is 26.8 Å². The predicted octanol–water partition coefficient (Wildman–Crippen LogP) is 1.59. The van der Waals surface area contributed by atoms with Crippen LogP contribution >= 0.6 is 0 Å². The van der Waals surface area contributed by atoms with Crippen LogP contribution in [0.5, 0.6) is 0 Å². The van der Waals surface area contributed by atoms with Crippen molar-refractivity contribution in [3.63, 3.8) is 0 Å². The second-order valence-corrected chi connectivity index (χ2v) is 6.48. The van der Waals surface area contributed by atoms with Gasteiger partial charge in [-0.2, -0.15) is 0 Å². The number of aromatic nitrogens is 2. The molecule has 1 aromatic heterocycles. The quantitative estimate of drug-likeness (QED) is 0.915. The van der Waals surface area contributed by atoms with E-state index in [0.29, 0.717) is 6.42 Å². The van der Waals surface area contributed by atoms with Crippen molar-refractivity contribution in [3.05, 3.63) is 24.0 Å². The van der Waals surface area contributed by atoms with Gasteiger partial charge in [0.05, 0.1) is 17.6 Å². The lowest BCUT2D eigenvalue weighted by Crippen LogP contribution is -2.48. The van der Waals surface area contributed by atoms with Gasteiger partial charge in [0.1, 0.15) is 5.82 Å². The number of fused-ring (bicyclic) bond motifs is 1. The van der Waals surface area contributed by atoms with E-state index in [1.54, 1.807) is 0 Å². The van der Waals surface area contributed by atoms with Gasteiger partial charge in [0.2, 0.25) is 11.8 Å². The summed E-state index contributed by atoms with van der Waals surface area (Å²) in [6.07, 6.45) is 0.571. The number of nitrogens with one attached hydrogen (secondary N) is 1. The van der Waals surface area contributed by atoms with Crippen molar-refractivity contribution < 1.29 is 9.59 Å². The maximum Gasteiger partial charge on any atom is 0.222 e. The normalized spacial score (nSPS) is 15.6. The Morgan fingerprint density at radius 3 is 2.56 bits per heavy atom. The van der Waals surface area contributed by atoms with Crippen LogP contribution in [0.3, 0.4) is 0 Å². The van der Waals surface area contributed by atoms with E-state index in [1.165, 1.54) is 6.92 Å². The third-order valence-electron chi connectivity index (χ3n) is 4.69. The average Bonchev–Trinajstić information content (AvgIpc) is 2.89. The molecule has 1 fully saturated rings. The Labute approximate surface area is 147 Å². The number of piperazine rings is 1. The molecule has 2 amide bonds. The number of anilines is 1. The van der Waals surface area contributed by atoms with Crippen LogP contribution in [0, 0.1) is 0 Å². The molecule has 0 spiro atoms. The Morgan fingerprint density at radius 1 is 1.20 bits per heavy atom. The maximum absolute atomic E-state index is 11.8. The van der Waals surface area contributed by atoms with Gasteiger partial charge in [-0.15, -0.1) is 0 Å². The summed E-state index contributed by atoms with van der Waals surface area (Å²) in [5.41, 5.74) is 2.68. The summed E-state index contributed by atoms with van der Waals surface area (Å²) < 4.78 is 2.09. The van der Waals surface area contributed by atoms with E-state index in [9.17, 15) is 9.59 Å². The average molecular weight is 343 g/mol. The molecule has 1 aliphatic heterocycles. The van der Waals surface area contributed by atoms with Gasteiger partial charge in [-0.05, 0) is 18.2 Å². The molecular weight excluding hydrogens is 318 g/mol. The van der Waals surface area contributed by atoms with Gasteiger partial charge in [-0.1, -0.05) is 6.92 Å². The highest BCUT2D eigenvalue weighted by Crippen LogP contribution is 2.21. The zero-order valence-electron chi connectivity index (χ0n) is 15.1. The number of carbonyl (C=O) groups excluding carboxylic acids is 2. The van der Waals surface area contributed by atoms with Crippen molar-refractivity contribution in [3.8, 4) is 0 Å². The molecule has 1 aliphatic rings. The van der Waals surface area contributed by atoms with Crippen LogP contribution in [0.15, 0.2) is 18.2 Å². The van der Waals surface area contributed by atoms with Crippen molar-refractivity contribution >= 4 is 28.5 Å². The minimum atomic E-state index is -0.0880. The van der Waals surface area contributed by atoms with Gasteiger partial charge in [-0.25, -0.2) is 4.98 Å². The van der Waals surface area contributed by atoms with Crippen LogP contribution in [-0.2, 0) is 23.2 Å². The van der Waals surface area contributed by atoms with Crippen molar-refractivity contribution in [1.82, 2.24) is 19.4 Å². The predicted molar refractivity (Wildman–Crippen MR) is 97.2 cm³/mol. The molecule has 1 aromatic carbocycles. The molecule has 0 bridgehead atoms. The van der Waals surface area contributed by atoms with Gasteiger partial charge < -0.3 is 14.8 Å². The number of imidazole rings is 1. The number of aryl methyl sites for hydroxylation is 1. The van der Waals surface area contributed by atoms with E-state index in [2.05, 4.69) is 14.8 Å². The number of benzene rings is 1. The van der Waals surface area contributed by atoms with Crippen LogP contribution in [0.25, 0.3) is 11.0 Å². The standard InChI is InChI=1S/C18H25N5O2/c1-4-18(25)23-9-7-22(8-10-23)12-17-20-15-11-14(19-13(2)24)5-6-16(15)21(17)3/h5-6,11H,4,7-10,12H2,1-3H3,(H,19,24). The maximum atomic E-state index is 11.8. The molecular formula is C18H25N5O2. The second kappa shape index (κ2) is 7.23. The van der Waals surface area contributed by atoms with E-state index < -0.39 is 0 Å². The first-order chi connectivity index (χ1) is 12.0. The molecule has 134 valence electrons. The summed E-state index contributed by atoms with van der Waals surface area (Å²) in [6, 6.07) is 5.78. The van der Waals surface area contributed by atoms with Gasteiger partial charge in [0, 0.05) is 52.3 Å². The third kappa shape index (κ3) is 3.82. The zero-order chi connectivity index (χ0) is 18.0. The smallest absolute Gasteiger partial charge is 0.222 e. The first-order valence-corrected chi connectivity index (χ1v) is 8.71. The van der Waals surface area contributed by atoms with Crippen LogP contribution in [-0.4, -0.2) is 57.3 Å². The fourth-order valence-electron chi connectivity index (χ4n) is 3.25. The molecule has 2 aromatic rings. The van der Waals surface area contributed by atoms with E-state index in [1.807, 2.05) is 37.1 Å². The van der Waals surface area contributed by atoms with E-state index in [0.717, 1.165) is 55.3 Å². The van der Waals surface area contributed by atoms with Crippen LogP contribution < -0.4 is 5.32 Å². The van der Waals surface area contributed by atoms with Crippen molar-refractivity contribution in [1.29, 1.82) is 0 Å². The number of amides is 2. The molecule has 0 aliphatic carbocycles. The highest BCUT2D eigenvalue weighted by molar-refractivity contribution is 5.91. The van der Waals surface area contributed by atoms with E-state index >= 15 is 0 Å². The van der Waals surface area contributed by atoms with Gasteiger partial charge in [-0.3, -0.25) is 14.5 Å². The molecule has 7 nitrogen and oxygen atoms in total. The first kappa shape index (κ1) is 17.4. The zero-order valence-corrected chi connectivity index (χ0v) is 15.1. The van der Waals surface area contributed by atoms with Gasteiger partial charge in [0.15, 0.2) is 0 Å². The Balaban J connectivity index is 1.71. The monoisotopic (exact) mass is 343 g/mol. The SMILES string of the molecule is CCC(=O)N1CCN(Cc2nc3cc(NC(C)=O)ccc3n2C)CC1. The number of hydrogen-bond acceptors (Lipinski definition) is 4. The van der Waals surface area contributed by atoms with E-state index in [4.69, 9.17) is 4.98 Å². The van der Waals surface area contributed by atoms with Crippen molar-refractivity contribution in [2.75, 3.05) is 31.5 Å².